The fourth-order valence-corrected chi connectivity index (χ4v) is 3.40. The van der Waals surface area contributed by atoms with E-state index in [1.54, 1.807) is 11.3 Å². The van der Waals surface area contributed by atoms with Crippen LogP contribution in [-0.4, -0.2) is 12.6 Å². The molecule has 1 aromatic heterocycles. The van der Waals surface area contributed by atoms with Crippen LogP contribution in [0.5, 0.6) is 0 Å². The van der Waals surface area contributed by atoms with E-state index >= 15 is 0 Å². The monoisotopic (exact) mass is 373 g/mol. The van der Waals surface area contributed by atoms with Crippen molar-refractivity contribution in [2.45, 2.75) is 32.2 Å². The Morgan fingerprint density at radius 2 is 2.05 bits per heavy atom. The highest BCUT2D eigenvalue weighted by atomic mass is 79.9. The van der Waals surface area contributed by atoms with E-state index < -0.39 is 11.6 Å². The predicted molar refractivity (Wildman–Crippen MR) is 87.9 cm³/mol. The van der Waals surface area contributed by atoms with Gasteiger partial charge in [-0.3, -0.25) is 0 Å². The Morgan fingerprint density at radius 3 is 2.71 bits per heavy atom. The molecule has 1 atom stereocenters. The summed E-state index contributed by atoms with van der Waals surface area (Å²) in [6.45, 7) is 2.92. The van der Waals surface area contributed by atoms with Gasteiger partial charge in [-0.25, -0.2) is 8.78 Å². The van der Waals surface area contributed by atoms with Crippen LogP contribution in [0.1, 0.15) is 23.8 Å². The molecule has 2 aromatic rings. The largest absolute Gasteiger partial charge is 0.313 e. The van der Waals surface area contributed by atoms with Crippen molar-refractivity contribution in [2.24, 2.45) is 0 Å². The normalized spacial score (nSPS) is 12.6. The maximum Gasteiger partial charge on any atom is 0.143 e. The molecule has 0 aliphatic carbocycles. The second kappa shape index (κ2) is 8.01. The van der Waals surface area contributed by atoms with E-state index in [0.29, 0.717) is 10.9 Å². The first-order valence-electron chi connectivity index (χ1n) is 7.00. The molecular formula is C16H18BrF2NS. The number of benzene rings is 1. The van der Waals surface area contributed by atoms with E-state index in [-0.39, 0.29) is 11.6 Å². The molecule has 1 heterocycles. The fourth-order valence-electron chi connectivity index (χ4n) is 2.24. The average Bonchev–Trinajstić information content (AvgIpc) is 2.97. The van der Waals surface area contributed by atoms with Gasteiger partial charge in [-0.2, -0.15) is 0 Å². The lowest BCUT2D eigenvalue weighted by Crippen LogP contribution is -2.34. The summed E-state index contributed by atoms with van der Waals surface area (Å²) in [4.78, 5) is 1.22. The third-order valence-corrected chi connectivity index (χ3v) is 4.81. The second-order valence-electron chi connectivity index (χ2n) is 4.96. The Labute approximate surface area is 136 Å². The highest BCUT2D eigenvalue weighted by Crippen LogP contribution is 2.24. The first-order valence-corrected chi connectivity index (χ1v) is 8.67. The lowest BCUT2D eigenvalue weighted by Gasteiger charge is -2.19. The molecule has 1 unspecified atom stereocenters. The molecule has 1 aromatic carbocycles. The van der Waals surface area contributed by atoms with Gasteiger partial charge in [0.15, 0.2) is 0 Å². The van der Waals surface area contributed by atoms with E-state index in [1.807, 2.05) is 11.4 Å². The van der Waals surface area contributed by atoms with Gasteiger partial charge in [0.05, 0.1) is 4.47 Å². The standard InChI is InChI=1S/C16H18BrF2NS/c1-2-7-20-11(9-12-4-3-8-21-12)10-13-15(18)6-5-14(17)16(13)19/h3-6,8,11,20H,2,7,9-10H2,1H3. The van der Waals surface area contributed by atoms with Crippen LogP contribution >= 0.6 is 27.3 Å². The van der Waals surface area contributed by atoms with Crippen LogP contribution in [0.2, 0.25) is 0 Å². The number of rotatable bonds is 7. The van der Waals surface area contributed by atoms with Crippen molar-refractivity contribution in [1.29, 1.82) is 0 Å². The summed E-state index contributed by atoms with van der Waals surface area (Å²) in [6.07, 6.45) is 2.11. The van der Waals surface area contributed by atoms with Crippen LogP contribution in [0, 0.1) is 11.6 Å². The van der Waals surface area contributed by atoms with E-state index in [9.17, 15) is 8.78 Å². The Bertz CT molecular complexity index is 572. The summed E-state index contributed by atoms with van der Waals surface area (Å²) in [5.74, 6) is -0.977. The number of thiophene rings is 1. The molecule has 1 N–H and O–H groups in total. The fraction of sp³-hybridized carbons (Fsp3) is 0.375. The van der Waals surface area contributed by atoms with Crippen molar-refractivity contribution in [3.05, 3.63) is 56.2 Å². The van der Waals surface area contributed by atoms with E-state index in [2.05, 4.69) is 34.2 Å². The number of hydrogen-bond donors (Lipinski definition) is 1. The number of halogens is 3. The van der Waals surface area contributed by atoms with Crippen molar-refractivity contribution >= 4 is 27.3 Å². The lowest BCUT2D eigenvalue weighted by atomic mass is 10.0. The van der Waals surface area contributed by atoms with Gasteiger partial charge in [0.25, 0.3) is 0 Å². The van der Waals surface area contributed by atoms with Crippen molar-refractivity contribution in [3.63, 3.8) is 0 Å². The van der Waals surface area contributed by atoms with Crippen LogP contribution in [0.25, 0.3) is 0 Å². The smallest absolute Gasteiger partial charge is 0.143 e. The molecule has 0 saturated carbocycles. The van der Waals surface area contributed by atoms with E-state index in [1.165, 1.54) is 17.0 Å². The molecule has 1 nitrogen and oxygen atoms in total. The number of nitrogens with one attached hydrogen (secondary N) is 1. The highest BCUT2D eigenvalue weighted by molar-refractivity contribution is 9.10. The van der Waals surface area contributed by atoms with Crippen LogP contribution in [-0.2, 0) is 12.8 Å². The molecule has 21 heavy (non-hydrogen) atoms. The molecule has 0 bridgehead atoms. The van der Waals surface area contributed by atoms with Gasteiger partial charge >= 0.3 is 0 Å². The van der Waals surface area contributed by atoms with Gasteiger partial charge in [-0.15, -0.1) is 11.3 Å². The molecule has 0 radical (unpaired) electrons. The molecule has 0 aliphatic heterocycles. The van der Waals surface area contributed by atoms with Gasteiger partial charge in [-0.05, 0) is 65.3 Å². The molecular weight excluding hydrogens is 356 g/mol. The second-order valence-corrected chi connectivity index (χ2v) is 6.85. The summed E-state index contributed by atoms with van der Waals surface area (Å²) in [7, 11) is 0. The molecule has 0 saturated heterocycles. The van der Waals surface area contributed by atoms with Gasteiger partial charge in [0, 0.05) is 16.5 Å². The SMILES string of the molecule is CCCNC(Cc1cccs1)Cc1c(F)ccc(Br)c1F. The summed E-state index contributed by atoms with van der Waals surface area (Å²) in [6, 6.07) is 6.80. The van der Waals surface area contributed by atoms with Crippen molar-refractivity contribution < 1.29 is 8.78 Å². The first-order chi connectivity index (χ1) is 10.1. The predicted octanol–water partition coefficient (Wildman–Crippen LogP) is 4.94. The summed E-state index contributed by atoms with van der Waals surface area (Å²) < 4.78 is 28.3. The molecule has 0 amide bonds. The maximum atomic E-state index is 14.1. The molecule has 0 fully saturated rings. The topological polar surface area (TPSA) is 12.0 Å². The average molecular weight is 374 g/mol. The van der Waals surface area contributed by atoms with E-state index in [0.717, 1.165) is 19.4 Å². The van der Waals surface area contributed by atoms with Crippen LogP contribution in [0.4, 0.5) is 8.78 Å². The zero-order valence-corrected chi connectivity index (χ0v) is 14.2. The van der Waals surface area contributed by atoms with Crippen molar-refractivity contribution in [3.8, 4) is 0 Å². The Hall–Kier alpha value is -0.780. The minimum absolute atomic E-state index is 0.0295. The van der Waals surface area contributed by atoms with Crippen molar-refractivity contribution in [2.75, 3.05) is 6.54 Å². The molecule has 0 aliphatic rings. The Morgan fingerprint density at radius 1 is 1.24 bits per heavy atom. The van der Waals surface area contributed by atoms with Gasteiger partial charge in [0.1, 0.15) is 11.6 Å². The van der Waals surface area contributed by atoms with Crippen LogP contribution < -0.4 is 5.32 Å². The maximum absolute atomic E-state index is 14.1. The van der Waals surface area contributed by atoms with Crippen molar-refractivity contribution in [1.82, 2.24) is 5.32 Å². The van der Waals surface area contributed by atoms with Crippen LogP contribution in [0.3, 0.4) is 0 Å². The molecule has 2 rings (SSSR count). The Balaban J connectivity index is 2.16. The lowest BCUT2D eigenvalue weighted by molar-refractivity contribution is 0.475. The third-order valence-electron chi connectivity index (χ3n) is 3.30. The van der Waals surface area contributed by atoms with Gasteiger partial charge < -0.3 is 5.32 Å². The molecule has 114 valence electrons. The zero-order chi connectivity index (χ0) is 15.2. The minimum Gasteiger partial charge on any atom is -0.313 e. The summed E-state index contributed by atoms with van der Waals surface area (Å²) >= 11 is 4.79. The highest BCUT2D eigenvalue weighted by Gasteiger charge is 2.18. The zero-order valence-electron chi connectivity index (χ0n) is 11.8. The summed E-state index contributed by atoms with van der Waals surface area (Å²) in [5.41, 5.74) is 0.148. The van der Waals surface area contributed by atoms with Gasteiger partial charge in [0.2, 0.25) is 0 Å². The van der Waals surface area contributed by atoms with Crippen LogP contribution in [0.15, 0.2) is 34.1 Å². The first kappa shape index (κ1) is 16.6. The van der Waals surface area contributed by atoms with E-state index in [4.69, 9.17) is 0 Å². The molecule has 0 spiro atoms. The molecule has 5 heteroatoms. The minimum atomic E-state index is -0.496. The summed E-state index contributed by atoms with van der Waals surface area (Å²) in [5, 5.41) is 5.41. The number of hydrogen-bond acceptors (Lipinski definition) is 2. The third kappa shape index (κ3) is 4.59. The quantitative estimate of drug-likeness (QED) is 0.677. The Kier molecular flexibility index (Phi) is 6.33. The van der Waals surface area contributed by atoms with Gasteiger partial charge in [-0.1, -0.05) is 13.0 Å².